The molecule has 0 bridgehead atoms. The molecule has 2 amide bonds. The van der Waals surface area contributed by atoms with Gasteiger partial charge >= 0.3 is 6.03 Å². The van der Waals surface area contributed by atoms with Crippen LogP contribution in [-0.2, 0) is 0 Å². The highest BCUT2D eigenvalue weighted by molar-refractivity contribution is 5.89. The van der Waals surface area contributed by atoms with Crippen molar-refractivity contribution >= 4 is 11.7 Å². The van der Waals surface area contributed by atoms with Crippen LogP contribution in [-0.4, -0.2) is 17.7 Å². The summed E-state index contributed by atoms with van der Waals surface area (Å²) in [5, 5.41) is 14.6. The molecule has 2 rings (SSSR count). The number of aliphatic hydroxyl groups excluding tert-OH is 1. The Morgan fingerprint density at radius 1 is 1.14 bits per heavy atom. The maximum absolute atomic E-state index is 13.4. The van der Waals surface area contributed by atoms with Crippen LogP contribution in [0.25, 0.3) is 0 Å². The Labute approximate surface area is 120 Å². The third kappa shape index (κ3) is 4.25. The summed E-state index contributed by atoms with van der Waals surface area (Å²) in [6.45, 7) is -0.165. The summed E-state index contributed by atoms with van der Waals surface area (Å²) in [6.07, 6.45) is -1.16. The van der Waals surface area contributed by atoms with Crippen LogP contribution < -0.4 is 10.6 Å². The fourth-order valence-corrected chi connectivity index (χ4v) is 1.79. The van der Waals surface area contributed by atoms with Crippen molar-refractivity contribution in [3.8, 4) is 0 Å². The van der Waals surface area contributed by atoms with Gasteiger partial charge in [0.15, 0.2) is 0 Å². The standard InChI is InChI=1S/C15H14F2N2O2/c16-10-4-3-5-11(8-10)19-15(21)18-9-14(20)12-6-1-2-7-13(12)17/h1-8,14,20H,9H2,(H2,18,19,21). The maximum Gasteiger partial charge on any atom is 0.319 e. The normalized spacial score (nSPS) is 11.8. The number of aliphatic hydroxyl groups is 1. The summed E-state index contributed by atoms with van der Waals surface area (Å²) in [7, 11) is 0. The van der Waals surface area contributed by atoms with E-state index in [-0.39, 0.29) is 17.8 Å². The lowest BCUT2D eigenvalue weighted by atomic mass is 10.1. The number of amides is 2. The molecule has 1 atom stereocenters. The number of carbonyl (C=O) groups excluding carboxylic acids is 1. The van der Waals surface area contributed by atoms with E-state index in [2.05, 4.69) is 10.6 Å². The van der Waals surface area contributed by atoms with Crippen molar-refractivity contribution in [3.63, 3.8) is 0 Å². The largest absolute Gasteiger partial charge is 0.386 e. The monoisotopic (exact) mass is 292 g/mol. The van der Waals surface area contributed by atoms with Gasteiger partial charge in [0.25, 0.3) is 0 Å². The van der Waals surface area contributed by atoms with E-state index in [0.29, 0.717) is 0 Å². The Bertz CT molecular complexity index is 635. The van der Waals surface area contributed by atoms with Crippen molar-refractivity contribution in [1.82, 2.24) is 5.32 Å². The van der Waals surface area contributed by atoms with E-state index in [9.17, 15) is 18.7 Å². The summed E-state index contributed by atoms with van der Waals surface area (Å²) in [5.74, 6) is -1.02. The highest BCUT2D eigenvalue weighted by Gasteiger charge is 2.13. The molecule has 0 aromatic heterocycles. The molecule has 0 aliphatic carbocycles. The van der Waals surface area contributed by atoms with E-state index in [1.54, 1.807) is 6.07 Å². The fraction of sp³-hybridized carbons (Fsp3) is 0.133. The maximum atomic E-state index is 13.4. The number of hydrogen-bond donors (Lipinski definition) is 3. The van der Waals surface area contributed by atoms with E-state index < -0.39 is 23.8 Å². The molecule has 2 aromatic rings. The third-order valence-electron chi connectivity index (χ3n) is 2.80. The van der Waals surface area contributed by atoms with Gasteiger partial charge in [-0.1, -0.05) is 24.3 Å². The lowest BCUT2D eigenvalue weighted by Crippen LogP contribution is -2.32. The van der Waals surface area contributed by atoms with E-state index >= 15 is 0 Å². The number of anilines is 1. The van der Waals surface area contributed by atoms with E-state index in [4.69, 9.17) is 0 Å². The van der Waals surface area contributed by atoms with Gasteiger partial charge in [0, 0.05) is 17.8 Å². The Kier molecular flexibility index (Phi) is 4.84. The second kappa shape index (κ2) is 6.81. The first-order valence-electron chi connectivity index (χ1n) is 6.29. The lowest BCUT2D eigenvalue weighted by Gasteiger charge is -2.13. The second-order valence-electron chi connectivity index (χ2n) is 4.38. The molecule has 0 radical (unpaired) electrons. The van der Waals surface area contributed by atoms with Gasteiger partial charge in [-0.3, -0.25) is 0 Å². The number of hydrogen-bond acceptors (Lipinski definition) is 2. The van der Waals surface area contributed by atoms with Crippen LogP contribution in [0.15, 0.2) is 48.5 Å². The summed E-state index contributed by atoms with van der Waals surface area (Å²) in [4.78, 5) is 11.6. The van der Waals surface area contributed by atoms with Gasteiger partial charge in [0.05, 0.1) is 6.10 Å². The average Bonchev–Trinajstić information content (AvgIpc) is 2.45. The van der Waals surface area contributed by atoms with Crippen molar-refractivity contribution in [1.29, 1.82) is 0 Å². The van der Waals surface area contributed by atoms with Crippen LogP contribution in [0.5, 0.6) is 0 Å². The average molecular weight is 292 g/mol. The first kappa shape index (κ1) is 14.9. The molecule has 110 valence electrons. The Morgan fingerprint density at radius 3 is 2.62 bits per heavy atom. The van der Waals surface area contributed by atoms with Crippen LogP contribution in [0.1, 0.15) is 11.7 Å². The van der Waals surface area contributed by atoms with Crippen molar-refractivity contribution in [2.24, 2.45) is 0 Å². The zero-order valence-electron chi connectivity index (χ0n) is 11.0. The van der Waals surface area contributed by atoms with Gasteiger partial charge in [0.1, 0.15) is 11.6 Å². The minimum Gasteiger partial charge on any atom is -0.386 e. The minimum absolute atomic E-state index is 0.101. The Hall–Kier alpha value is -2.47. The van der Waals surface area contributed by atoms with E-state index in [1.165, 1.54) is 36.4 Å². The molecule has 0 spiro atoms. The van der Waals surface area contributed by atoms with Gasteiger partial charge in [-0.15, -0.1) is 0 Å². The molecule has 6 heteroatoms. The predicted molar refractivity (Wildman–Crippen MR) is 74.8 cm³/mol. The molecule has 0 saturated carbocycles. The predicted octanol–water partition coefficient (Wildman–Crippen LogP) is 2.82. The molecule has 3 N–H and O–H groups in total. The van der Waals surface area contributed by atoms with Crippen LogP contribution in [0.3, 0.4) is 0 Å². The smallest absolute Gasteiger partial charge is 0.319 e. The number of rotatable bonds is 4. The topological polar surface area (TPSA) is 61.4 Å². The second-order valence-corrected chi connectivity index (χ2v) is 4.38. The molecule has 2 aromatic carbocycles. The molecular weight excluding hydrogens is 278 g/mol. The third-order valence-corrected chi connectivity index (χ3v) is 2.80. The minimum atomic E-state index is -1.16. The van der Waals surface area contributed by atoms with Crippen LogP contribution >= 0.6 is 0 Å². The summed E-state index contributed by atoms with van der Waals surface area (Å²) < 4.78 is 26.4. The molecular formula is C15H14F2N2O2. The molecule has 4 nitrogen and oxygen atoms in total. The highest BCUT2D eigenvalue weighted by Crippen LogP contribution is 2.15. The lowest BCUT2D eigenvalue weighted by molar-refractivity contribution is 0.170. The molecule has 0 fully saturated rings. The zero-order chi connectivity index (χ0) is 15.2. The number of benzene rings is 2. The van der Waals surface area contributed by atoms with Gasteiger partial charge in [-0.05, 0) is 24.3 Å². The first-order chi connectivity index (χ1) is 10.1. The SMILES string of the molecule is O=C(NCC(O)c1ccccc1F)Nc1cccc(F)c1. The molecule has 1 unspecified atom stereocenters. The summed E-state index contributed by atoms with van der Waals surface area (Å²) >= 11 is 0. The quantitative estimate of drug-likeness (QED) is 0.811. The molecule has 0 saturated heterocycles. The molecule has 0 aliphatic rings. The van der Waals surface area contributed by atoms with Crippen molar-refractivity contribution in [2.45, 2.75) is 6.10 Å². The molecule has 21 heavy (non-hydrogen) atoms. The van der Waals surface area contributed by atoms with Crippen molar-refractivity contribution in [2.75, 3.05) is 11.9 Å². The van der Waals surface area contributed by atoms with Gasteiger partial charge < -0.3 is 15.7 Å². The summed E-state index contributed by atoms with van der Waals surface area (Å²) in [6, 6.07) is 10.5. The van der Waals surface area contributed by atoms with Crippen LogP contribution in [0, 0.1) is 11.6 Å². The Balaban J connectivity index is 1.88. The van der Waals surface area contributed by atoms with Gasteiger partial charge in [-0.2, -0.15) is 0 Å². The van der Waals surface area contributed by atoms with Crippen LogP contribution in [0.2, 0.25) is 0 Å². The fourth-order valence-electron chi connectivity index (χ4n) is 1.79. The van der Waals surface area contributed by atoms with Crippen LogP contribution in [0.4, 0.5) is 19.3 Å². The van der Waals surface area contributed by atoms with Gasteiger partial charge in [-0.25, -0.2) is 13.6 Å². The highest BCUT2D eigenvalue weighted by atomic mass is 19.1. The number of urea groups is 1. The number of carbonyl (C=O) groups is 1. The van der Waals surface area contributed by atoms with E-state index in [1.807, 2.05) is 0 Å². The summed E-state index contributed by atoms with van der Waals surface area (Å²) in [5.41, 5.74) is 0.386. The zero-order valence-corrected chi connectivity index (χ0v) is 11.0. The van der Waals surface area contributed by atoms with Crippen molar-refractivity contribution < 1.29 is 18.7 Å². The number of halogens is 2. The Morgan fingerprint density at radius 2 is 1.90 bits per heavy atom. The van der Waals surface area contributed by atoms with Gasteiger partial charge in [0.2, 0.25) is 0 Å². The molecule has 0 heterocycles. The first-order valence-corrected chi connectivity index (χ1v) is 6.29. The number of nitrogens with one attached hydrogen (secondary N) is 2. The van der Waals surface area contributed by atoms with E-state index in [0.717, 1.165) is 6.07 Å². The molecule has 0 aliphatic heterocycles. The van der Waals surface area contributed by atoms with Crippen molar-refractivity contribution in [3.05, 3.63) is 65.7 Å².